The van der Waals surface area contributed by atoms with Crippen molar-refractivity contribution in [3.05, 3.63) is 11.6 Å². The Labute approximate surface area is 459 Å². The molecule has 0 aromatic rings. The molecule has 8 rings (SSSR count). The van der Waals surface area contributed by atoms with Crippen molar-refractivity contribution in [2.24, 2.45) is 45.3 Å². The van der Waals surface area contributed by atoms with Crippen LogP contribution in [-0.2, 0) is 42.7 Å². The molecule has 456 valence electrons. The van der Waals surface area contributed by atoms with E-state index in [9.17, 15) is 81.7 Å². The quantitative estimate of drug-likeness (QED) is 0.0659. The largest absolute Gasteiger partial charge is 0.394 e. The zero-order valence-electron chi connectivity index (χ0n) is 46.3. The average molecular weight is 1140 g/mol. The van der Waals surface area contributed by atoms with E-state index in [0.29, 0.717) is 38.5 Å². The Morgan fingerprint density at radius 2 is 1.10 bits per heavy atom. The van der Waals surface area contributed by atoms with E-state index in [1.165, 1.54) is 13.8 Å². The van der Waals surface area contributed by atoms with Gasteiger partial charge in [-0.25, -0.2) is 0 Å². The molecule has 3 saturated carbocycles. The number of hydrogen-bond donors (Lipinski definition) is 16. The predicted octanol–water partition coefficient (Wildman–Crippen LogP) is -4.05. The highest BCUT2D eigenvalue weighted by molar-refractivity contribution is 5.95. The Hall–Kier alpha value is -1.55. The van der Waals surface area contributed by atoms with Crippen molar-refractivity contribution < 1.29 is 124 Å². The third kappa shape index (κ3) is 11.1. The molecule has 0 amide bonds. The second-order valence-corrected chi connectivity index (χ2v) is 25.9. The van der Waals surface area contributed by atoms with Crippen molar-refractivity contribution >= 4 is 5.78 Å². The number of aliphatic hydroxyl groups is 16. The summed E-state index contributed by atoms with van der Waals surface area (Å²) in [4.78, 5) is 15.0. The van der Waals surface area contributed by atoms with Crippen molar-refractivity contribution in [3.8, 4) is 0 Å². The van der Waals surface area contributed by atoms with E-state index >= 15 is 4.79 Å². The Balaban J connectivity index is 1.00. The lowest BCUT2D eigenvalue weighted by atomic mass is 9.38. The van der Waals surface area contributed by atoms with Crippen LogP contribution in [0.1, 0.15) is 100 Å². The summed E-state index contributed by atoms with van der Waals surface area (Å²) in [6, 6.07) is 0. The van der Waals surface area contributed by atoms with Crippen LogP contribution < -0.4 is 0 Å². The molecule has 3 unspecified atom stereocenters. The normalized spacial score (nSPS) is 51.0. The predicted molar refractivity (Wildman–Crippen MR) is 268 cm³/mol. The maximum absolute atomic E-state index is 15.0. The average Bonchev–Trinajstić information content (AvgIpc) is 3.69. The fraction of sp³-hybridized carbons (Fsp3) is 0.944. The standard InChI is InChI=1S/C54H90O25/c1-21(22-13-14-52(6)45-25(58)15-24-23(54(45,8)30(59)16-53(22,52)7)10-12-31(50(24,2)3)77-47-42(69)38(65)34(61)27(18-56)74-47)9-11-32(51(4,5)71)78-49-44(79-48-43(70)39(66)35(62)28(19-57)75-48)40(67)36(63)29(76-49)20-72-46-41(68)37(64)33(60)26(17-55)73-46/h15,21-23,26-49,55-57,59-71H,9-14,16-20H2,1-8H3/t21-,22?,23?,26-,27-,28-,29-,30-,31+,32-,33-,34-,35-,36-,37+,38+,39+,40+,41-,42-,43-,44-,45?,46+,47+,48+,49+,52+,53-,54-/m1/s1. The smallest absolute Gasteiger partial charge is 0.187 e. The number of carbonyl (C=O) groups is 1. The Morgan fingerprint density at radius 3 is 1.63 bits per heavy atom. The van der Waals surface area contributed by atoms with E-state index in [-0.39, 0.29) is 30.0 Å². The van der Waals surface area contributed by atoms with Gasteiger partial charge in [0.15, 0.2) is 30.9 Å². The molecular weight excluding hydrogens is 1050 g/mol. The summed E-state index contributed by atoms with van der Waals surface area (Å²) in [5.41, 5.74) is -3.71. The van der Waals surface area contributed by atoms with Gasteiger partial charge in [0, 0.05) is 16.7 Å². The lowest BCUT2D eigenvalue weighted by Gasteiger charge is -2.66. The van der Waals surface area contributed by atoms with E-state index in [1.807, 2.05) is 20.8 Å². The van der Waals surface area contributed by atoms with Gasteiger partial charge in [0.2, 0.25) is 0 Å². The SMILES string of the molecule is C[C@H](CC[C@@H](O[C@@H]1O[C@H](CO[C@H]2O[C@H](CO)[C@@H](O)[C@H](O)[C@H]2O)[C@@H](O)[C@H](O)[C@H]1O[C@@H]1O[C@H](CO)[C@@H](O)[C@H](O)[C@H]1O)C(C)(C)O)C1CC[C@@]2(C)C3C(=O)C=C4C(CC[C@H](O[C@@H]5O[C@H](CO)[C@@H](O)[C@H](O)[C@H]5O)C4(C)C)[C@]3(C)[C@H](O)C[C@]12C. The van der Waals surface area contributed by atoms with Gasteiger partial charge in [0.1, 0.15) is 97.7 Å². The number of allylic oxidation sites excluding steroid dienone is 1. The molecule has 0 bridgehead atoms. The fourth-order valence-electron chi connectivity index (χ4n) is 15.4. The van der Waals surface area contributed by atoms with E-state index in [2.05, 4.69) is 20.8 Å². The number of carbonyl (C=O) groups excluding carboxylic acids is 1. The molecule has 7 fully saturated rings. The Bertz CT molecular complexity index is 2100. The molecule has 8 aliphatic rings. The van der Waals surface area contributed by atoms with Crippen molar-refractivity contribution in [1.82, 2.24) is 0 Å². The zero-order chi connectivity index (χ0) is 58.4. The van der Waals surface area contributed by atoms with E-state index < -0.39 is 201 Å². The molecule has 4 aliphatic carbocycles. The molecular formula is C54H90O25. The van der Waals surface area contributed by atoms with Crippen molar-refractivity contribution in [1.29, 1.82) is 0 Å². The van der Waals surface area contributed by atoms with Gasteiger partial charge in [0.05, 0.1) is 50.3 Å². The third-order valence-corrected chi connectivity index (χ3v) is 20.5. The summed E-state index contributed by atoms with van der Waals surface area (Å²) >= 11 is 0. The summed E-state index contributed by atoms with van der Waals surface area (Å²) < 4.78 is 47.5. The van der Waals surface area contributed by atoms with Gasteiger partial charge in [-0.3, -0.25) is 4.79 Å². The minimum atomic E-state index is -1.96. The number of rotatable bonds is 17. The molecule has 0 spiro atoms. The molecule has 4 saturated heterocycles. The molecule has 25 heteroatoms. The van der Waals surface area contributed by atoms with Crippen LogP contribution in [0.25, 0.3) is 0 Å². The monoisotopic (exact) mass is 1140 g/mol. The van der Waals surface area contributed by atoms with Crippen molar-refractivity contribution in [3.63, 3.8) is 0 Å². The van der Waals surface area contributed by atoms with Crippen LogP contribution >= 0.6 is 0 Å². The highest BCUT2D eigenvalue weighted by atomic mass is 16.8. The number of fused-ring (bicyclic) bond motifs is 5. The molecule has 0 aromatic heterocycles. The first kappa shape index (κ1) is 63.5. The minimum absolute atomic E-state index is 0.0504. The number of ether oxygens (including phenoxy) is 8. The van der Waals surface area contributed by atoms with E-state index in [0.717, 1.165) is 5.57 Å². The third-order valence-electron chi connectivity index (χ3n) is 20.5. The van der Waals surface area contributed by atoms with E-state index in [4.69, 9.17) is 37.9 Å². The van der Waals surface area contributed by atoms with Crippen LogP contribution in [0.2, 0.25) is 0 Å². The summed E-state index contributed by atoms with van der Waals surface area (Å²) in [7, 11) is 0. The van der Waals surface area contributed by atoms with Crippen LogP contribution in [0.3, 0.4) is 0 Å². The molecule has 79 heavy (non-hydrogen) atoms. The van der Waals surface area contributed by atoms with E-state index in [1.54, 1.807) is 6.08 Å². The van der Waals surface area contributed by atoms with Crippen molar-refractivity contribution in [2.75, 3.05) is 26.4 Å². The maximum Gasteiger partial charge on any atom is 0.187 e. The van der Waals surface area contributed by atoms with Gasteiger partial charge < -0.3 is 120 Å². The van der Waals surface area contributed by atoms with Crippen LogP contribution in [0.4, 0.5) is 0 Å². The van der Waals surface area contributed by atoms with Crippen LogP contribution in [0.5, 0.6) is 0 Å². The number of aliphatic hydroxyl groups excluding tert-OH is 15. The van der Waals surface area contributed by atoms with Gasteiger partial charge in [-0.05, 0) is 93.5 Å². The number of hydrogen-bond acceptors (Lipinski definition) is 25. The molecule has 0 aromatic carbocycles. The first-order valence-corrected chi connectivity index (χ1v) is 28.0. The molecule has 0 radical (unpaired) electrons. The van der Waals surface area contributed by atoms with Gasteiger partial charge in [-0.2, -0.15) is 0 Å². The maximum atomic E-state index is 15.0. The lowest BCUT2D eigenvalue weighted by molar-refractivity contribution is -0.380. The molecule has 4 heterocycles. The first-order chi connectivity index (χ1) is 36.8. The molecule has 4 aliphatic heterocycles. The highest BCUT2D eigenvalue weighted by Crippen LogP contribution is 2.74. The highest BCUT2D eigenvalue weighted by Gasteiger charge is 2.72. The summed E-state index contributed by atoms with van der Waals surface area (Å²) in [5, 5.41) is 172. The Morgan fingerprint density at radius 1 is 0.608 bits per heavy atom. The Kier molecular flexibility index (Phi) is 19.1. The fourth-order valence-corrected chi connectivity index (χ4v) is 15.4. The van der Waals surface area contributed by atoms with Gasteiger partial charge in [-0.15, -0.1) is 0 Å². The van der Waals surface area contributed by atoms with Crippen LogP contribution in [0.15, 0.2) is 11.6 Å². The summed E-state index contributed by atoms with van der Waals surface area (Å²) in [6.45, 7) is 12.4. The second-order valence-electron chi connectivity index (χ2n) is 25.9. The van der Waals surface area contributed by atoms with Gasteiger partial charge in [0.25, 0.3) is 0 Å². The molecule has 16 N–H and O–H groups in total. The topological polar surface area (TPSA) is 415 Å². The summed E-state index contributed by atoms with van der Waals surface area (Å²) in [5.74, 6) is -1.08. The summed E-state index contributed by atoms with van der Waals surface area (Å²) in [6.07, 6.45) is -31.1. The zero-order valence-corrected chi connectivity index (χ0v) is 46.3. The first-order valence-electron chi connectivity index (χ1n) is 28.0. The van der Waals surface area contributed by atoms with Gasteiger partial charge >= 0.3 is 0 Å². The van der Waals surface area contributed by atoms with Gasteiger partial charge in [-0.1, -0.05) is 47.1 Å². The van der Waals surface area contributed by atoms with Crippen LogP contribution in [-0.4, -0.2) is 261 Å². The lowest BCUT2D eigenvalue weighted by Crippen LogP contribution is -2.67. The van der Waals surface area contributed by atoms with Crippen LogP contribution in [0, 0.1) is 45.3 Å². The minimum Gasteiger partial charge on any atom is -0.394 e. The van der Waals surface area contributed by atoms with Crippen molar-refractivity contribution in [2.45, 2.75) is 247 Å². The second kappa shape index (κ2) is 23.7. The number of ketones is 1. The molecule has 30 atom stereocenters. The molecule has 25 nitrogen and oxygen atoms in total.